The molecule has 32 heavy (non-hydrogen) atoms. The molecule has 0 saturated heterocycles. The average Bonchev–Trinajstić information content (AvgIpc) is 2.68. The molecule has 1 amide bonds. The Morgan fingerprint density at radius 3 is 2.28 bits per heavy atom. The van der Waals surface area contributed by atoms with Crippen LogP contribution in [-0.2, 0) is 16.0 Å². The SMILES string of the molecule is COc1ccc(CC(=O)O)cc1Oc1ccc(NC(=O)C(C)C)cc1SC(C)C(F)(F)F. The summed E-state index contributed by atoms with van der Waals surface area (Å²) in [5.74, 6) is -1.07. The molecule has 0 fully saturated rings. The second kappa shape index (κ2) is 10.6. The van der Waals surface area contributed by atoms with Crippen LogP contribution in [0, 0.1) is 5.92 Å². The largest absolute Gasteiger partial charge is 0.493 e. The van der Waals surface area contributed by atoms with Crippen molar-refractivity contribution in [2.75, 3.05) is 12.4 Å². The first kappa shape index (κ1) is 25.4. The van der Waals surface area contributed by atoms with E-state index in [-0.39, 0.29) is 40.4 Å². The number of aliphatic carboxylic acids is 1. The van der Waals surface area contributed by atoms with Gasteiger partial charge >= 0.3 is 12.1 Å². The van der Waals surface area contributed by atoms with E-state index in [1.807, 2.05) is 0 Å². The number of alkyl halides is 3. The zero-order chi connectivity index (χ0) is 24.1. The fourth-order valence-corrected chi connectivity index (χ4v) is 3.45. The molecule has 10 heteroatoms. The molecule has 0 aliphatic rings. The number of nitrogens with one attached hydrogen (secondary N) is 1. The maximum Gasteiger partial charge on any atom is 0.400 e. The topological polar surface area (TPSA) is 84.9 Å². The Labute approximate surface area is 188 Å². The standard InChI is InChI=1S/C22H24F3NO5S/c1-12(2)21(29)26-15-6-8-17(19(11-15)32-13(3)22(23,24)25)31-18-9-14(10-20(27)28)5-7-16(18)30-4/h5-9,11-13H,10H2,1-4H3,(H,26,29)(H,27,28). The molecule has 0 bridgehead atoms. The van der Waals surface area contributed by atoms with Gasteiger partial charge in [0.05, 0.1) is 18.4 Å². The van der Waals surface area contributed by atoms with Crippen molar-refractivity contribution in [3.8, 4) is 17.2 Å². The highest BCUT2D eigenvalue weighted by Gasteiger charge is 2.37. The van der Waals surface area contributed by atoms with E-state index in [0.717, 1.165) is 6.92 Å². The number of amides is 1. The lowest BCUT2D eigenvalue weighted by Crippen LogP contribution is -2.22. The molecule has 6 nitrogen and oxygen atoms in total. The predicted octanol–water partition coefficient (Wildman–Crippen LogP) is 5.75. The third-order valence-corrected chi connectivity index (χ3v) is 5.50. The van der Waals surface area contributed by atoms with Crippen LogP contribution in [0.25, 0.3) is 0 Å². The van der Waals surface area contributed by atoms with E-state index >= 15 is 0 Å². The summed E-state index contributed by atoms with van der Waals surface area (Å²) in [6, 6.07) is 8.93. The molecule has 0 aliphatic carbocycles. The van der Waals surface area contributed by atoms with Crippen LogP contribution in [0.3, 0.4) is 0 Å². The Morgan fingerprint density at radius 1 is 1.06 bits per heavy atom. The van der Waals surface area contributed by atoms with Gasteiger partial charge in [-0.25, -0.2) is 0 Å². The van der Waals surface area contributed by atoms with Gasteiger partial charge in [-0.15, -0.1) is 11.8 Å². The Morgan fingerprint density at radius 2 is 1.72 bits per heavy atom. The summed E-state index contributed by atoms with van der Waals surface area (Å²) < 4.78 is 50.7. The first-order valence-corrected chi connectivity index (χ1v) is 10.5. The minimum absolute atomic E-state index is 0.111. The van der Waals surface area contributed by atoms with Crippen molar-refractivity contribution in [3.05, 3.63) is 42.0 Å². The quantitative estimate of drug-likeness (QED) is 0.453. The van der Waals surface area contributed by atoms with E-state index in [0.29, 0.717) is 23.0 Å². The lowest BCUT2D eigenvalue weighted by Gasteiger charge is -2.19. The molecule has 0 heterocycles. The minimum atomic E-state index is -4.45. The van der Waals surface area contributed by atoms with Crippen molar-refractivity contribution in [3.63, 3.8) is 0 Å². The van der Waals surface area contributed by atoms with Crippen molar-refractivity contribution >= 4 is 29.3 Å². The summed E-state index contributed by atoms with van der Waals surface area (Å²) >= 11 is 0.538. The number of thioether (sulfide) groups is 1. The number of hydrogen-bond donors (Lipinski definition) is 2. The molecule has 174 valence electrons. The predicted molar refractivity (Wildman–Crippen MR) is 116 cm³/mol. The lowest BCUT2D eigenvalue weighted by molar-refractivity contribution is -0.136. The normalized spacial score (nSPS) is 12.4. The summed E-state index contributed by atoms with van der Waals surface area (Å²) in [6.07, 6.45) is -4.70. The van der Waals surface area contributed by atoms with Crippen LogP contribution < -0.4 is 14.8 Å². The Hall–Kier alpha value is -2.88. The molecule has 0 saturated carbocycles. The van der Waals surface area contributed by atoms with E-state index < -0.39 is 17.4 Å². The van der Waals surface area contributed by atoms with Gasteiger partial charge in [0.15, 0.2) is 11.5 Å². The summed E-state index contributed by atoms with van der Waals surface area (Å²) in [5, 5.41) is 9.94. The third-order valence-electron chi connectivity index (χ3n) is 4.30. The van der Waals surface area contributed by atoms with Gasteiger partial charge < -0.3 is 19.9 Å². The van der Waals surface area contributed by atoms with Gasteiger partial charge in [0, 0.05) is 11.6 Å². The van der Waals surface area contributed by atoms with Crippen molar-refractivity contribution in [2.45, 2.75) is 43.5 Å². The number of benzene rings is 2. The highest BCUT2D eigenvalue weighted by molar-refractivity contribution is 8.00. The van der Waals surface area contributed by atoms with Crippen molar-refractivity contribution in [2.24, 2.45) is 5.92 Å². The zero-order valence-electron chi connectivity index (χ0n) is 17.9. The number of carboxylic acid groups (broad SMARTS) is 1. The monoisotopic (exact) mass is 471 g/mol. The van der Waals surface area contributed by atoms with Gasteiger partial charge in [-0.05, 0) is 42.8 Å². The smallest absolute Gasteiger partial charge is 0.400 e. The highest BCUT2D eigenvalue weighted by Crippen LogP contribution is 2.43. The second-order valence-electron chi connectivity index (χ2n) is 7.26. The van der Waals surface area contributed by atoms with Gasteiger partial charge in [-0.1, -0.05) is 19.9 Å². The Kier molecular flexibility index (Phi) is 8.43. The number of carbonyl (C=O) groups excluding carboxylic acids is 1. The number of anilines is 1. The van der Waals surface area contributed by atoms with Gasteiger partial charge in [0.1, 0.15) is 11.0 Å². The van der Waals surface area contributed by atoms with Gasteiger partial charge in [-0.2, -0.15) is 13.2 Å². The molecular weight excluding hydrogens is 447 g/mol. The third kappa shape index (κ3) is 7.08. The van der Waals surface area contributed by atoms with Crippen LogP contribution in [0.1, 0.15) is 26.3 Å². The fraction of sp³-hybridized carbons (Fsp3) is 0.364. The van der Waals surface area contributed by atoms with Crippen LogP contribution >= 0.6 is 11.8 Å². The maximum atomic E-state index is 13.2. The van der Waals surface area contributed by atoms with Crippen LogP contribution in [0.4, 0.5) is 18.9 Å². The molecule has 0 spiro atoms. The first-order valence-electron chi connectivity index (χ1n) is 9.65. The zero-order valence-corrected chi connectivity index (χ0v) is 18.8. The summed E-state index contributed by atoms with van der Waals surface area (Å²) in [6.45, 7) is 4.43. The van der Waals surface area contributed by atoms with E-state index in [1.54, 1.807) is 19.9 Å². The fourth-order valence-electron chi connectivity index (χ4n) is 2.51. The van der Waals surface area contributed by atoms with Crippen LogP contribution in [0.15, 0.2) is 41.3 Å². The number of carbonyl (C=O) groups is 2. The van der Waals surface area contributed by atoms with E-state index in [2.05, 4.69) is 5.32 Å². The second-order valence-corrected chi connectivity index (χ2v) is 8.65. The summed E-state index contributed by atoms with van der Waals surface area (Å²) in [5.41, 5.74) is 0.770. The van der Waals surface area contributed by atoms with Crippen molar-refractivity contribution in [1.82, 2.24) is 0 Å². The average molecular weight is 471 g/mol. The molecule has 2 aromatic carbocycles. The first-order chi connectivity index (χ1) is 14.9. The Bertz CT molecular complexity index is 979. The summed E-state index contributed by atoms with van der Waals surface area (Å²) in [7, 11) is 1.39. The molecule has 0 aromatic heterocycles. The van der Waals surface area contributed by atoms with E-state index in [1.165, 1.54) is 37.4 Å². The van der Waals surface area contributed by atoms with Crippen LogP contribution in [-0.4, -0.2) is 35.5 Å². The number of ether oxygens (including phenoxy) is 2. The van der Waals surface area contributed by atoms with Crippen LogP contribution in [0.2, 0.25) is 0 Å². The van der Waals surface area contributed by atoms with Crippen molar-refractivity contribution < 1.29 is 37.3 Å². The van der Waals surface area contributed by atoms with Gasteiger partial charge in [-0.3, -0.25) is 9.59 Å². The highest BCUT2D eigenvalue weighted by atomic mass is 32.2. The lowest BCUT2D eigenvalue weighted by atomic mass is 10.1. The number of hydrogen-bond acceptors (Lipinski definition) is 5. The molecule has 0 radical (unpaired) electrons. The maximum absolute atomic E-state index is 13.2. The van der Waals surface area contributed by atoms with E-state index in [4.69, 9.17) is 14.6 Å². The molecule has 1 unspecified atom stereocenters. The molecule has 2 rings (SSSR count). The van der Waals surface area contributed by atoms with Gasteiger partial charge in [0.2, 0.25) is 5.91 Å². The summed E-state index contributed by atoms with van der Waals surface area (Å²) in [4.78, 5) is 23.2. The molecule has 0 aliphatic heterocycles. The number of halogens is 3. The van der Waals surface area contributed by atoms with Crippen LogP contribution in [0.5, 0.6) is 17.2 Å². The van der Waals surface area contributed by atoms with Crippen molar-refractivity contribution in [1.29, 1.82) is 0 Å². The number of rotatable bonds is 9. The molecule has 2 N–H and O–H groups in total. The minimum Gasteiger partial charge on any atom is -0.493 e. The molecular formula is C22H24F3NO5S. The number of carboxylic acids is 1. The van der Waals surface area contributed by atoms with E-state index in [9.17, 15) is 22.8 Å². The Balaban J connectivity index is 2.45. The molecule has 2 aromatic rings. The van der Waals surface area contributed by atoms with Gasteiger partial charge in [0.25, 0.3) is 0 Å². The number of methoxy groups -OCH3 is 1. The molecule has 1 atom stereocenters.